The highest BCUT2D eigenvalue weighted by atomic mass is 32.2. The van der Waals surface area contributed by atoms with Crippen LogP contribution in [0, 0.1) is 6.92 Å². The first-order chi connectivity index (χ1) is 16.9. The minimum atomic E-state index is -3.61. The fourth-order valence-electron chi connectivity index (χ4n) is 4.38. The average molecular weight is 487 g/mol. The van der Waals surface area contributed by atoms with Gasteiger partial charge in [-0.05, 0) is 49.7 Å². The van der Waals surface area contributed by atoms with Crippen LogP contribution >= 0.6 is 0 Å². The van der Waals surface area contributed by atoms with Gasteiger partial charge in [-0.1, -0.05) is 35.9 Å². The zero-order chi connectivity index (χ0) is 24.4. The lowest BCUT2D eigenvalue weighted by Crippen LogP contribution is -2.37. The number of aryl methyl sites for hydroxylation is 1. The number of pyridine rings is 2. The number of amides is 1. The van der Waals surface area contributed by atoms with Gasteiger partial charge < -0.3 is 4.90 Å². The molecular weight excluding hydrogens is 460 g/mol. The minimum absolute atomic E-state index is 0.122. The first-order valence-electron chi connectivity index (χ1n) is 11.6. The van der Waals surface area contributed by atoms with Gasteiger partial charge in [-0.2, -0.15) is 4.31 Å². The van der Waals surface area contributed by atoms with E-state index in [1.54, 1.807) is 41.6 Å². The molecule has 1 saturated heterocycles. The lowest BCUT2D eigenvalue weighted by Gasteiger charge is -2.23. The highest BCUT2D eigenvalue weighted by Crippen LogP contribution is 2.26. The van der Waals surface area contributed by atoms with E-state index in [2.05, 4.69) is 4.98 Å². The van der Waals surface area contributed by atoms with Crippen LogP contribution in [0.1, 0.15) is 22.3 Å². The van der Waals surface area contributed by atoms with Gasteiger partial charge in [0.05, 0.1) is 21.7 Å². The molecule has 178 valence electrons. The third-order valence-electron chi connectivity index (χ3n) is 6.30. The number of hydrogen-bond donors (Lipinski definition) is 0. The second-order valence-corrected chi connectivity index (χ2v) is 10.6. The van der Waals surface area contributed by atoms with Crippen LogP contribution in [-0.2, 0) is 10.0 Å². The Morgan fingerprint density at radius 1 is 0.914 bits per heavy atom. The van der Waals surface area contributed by atoms with Crippen molar-refractivity contribution in [2.45, 2.75) is 18.2 Å². The van der Waals surface area contributed by atoms with Crippen LogP contribution in [0.5, 0.6) is 0 Å². The number of hydrogen-bond acceptors (Lipinski definition) is 5. The van der Waals surface area contributed by atoms with Crippen molar-refractivity contribution in [3.63, 3.8) is 0 Å². The molecule has 1 fully saturated rings. The van der Waals surface area contributed by atoms with Crippen LogP contribution in [0.3, 0.4) is 0 Å². The largest absolute Gasteiger partial charge is 0.337 e. The van der Waals surface area contributed by atoms with Gasteiger partial charge in [0.2, 0.25) is 10.0 Å². The van der Waals surface area contributed by atoms with Crippen LogP contribution in [0.15, 0.2) is 84.0 Å². The summed E-state index contributed by atoms with van der Waals surface area (Å²) in [6.45, 7) is 3.35. The molecule has 0 spiro atoms. The average Bonchev–Trinajstić information content (AvgIpc) is 3.15. The number of carbonyl (C=O) groups is 1. The van der Waals surface area contributed by atoms with Gasteiger partial charge in [-0.15, -0.1) is 0 Å². The topological polar surface area (TPSA) is 83.5 Å². The summed E-state index contributed by atoms with van der Waals surface area (Å²) in [5.41, 5.74) is 3.81. The van der Waals surface area contributed by atoms with Crippen molar-refractivity contribution in [2.24, 2.45) is 0 Å². The molecule has 0 N–H and O–H groups in total. The number of fused-ring (bicyclic) bond motifs is 1. The van der Waals surface area contributed by atoms with E-state index in [1.165, 1.54) is 4.31 Å². The summed E-state index contributed by atoms with van der Waals surface area (Å²) < 4.78 is 27.8. The molecule has 8 heteroatoms. The number of rotatable bonds is 4. The number of aromatic nitrogens is 2. The van der Waals surface area contributed by atoms with Gasteiger partial charge in [0.25, 0.3) is 5.91 Å². The lowest BCUT2D eigenvalue weighted by molar-refractivity contribution is 0.0766. The molecule has 2 aromatic carbocycles. The van der Waals surface area contributed by atoms with Gasteiger partial charge in [0.15, 0.2) is 0 Å². The predicted molar refractivity (Wildman–Crippen MR) is 135 cm³/mol. The Kier molecular flexibility index (Phi) is 6.32. The zero-order valence-corrected chi connectivity index (χ0v) is 20.3. The summed E-state index contributed by atoms with van der Waals surface area (Å²) >= 11 is 0. The Morgan fingerprint density at radius 3 is 2.49 bits per heavy atom. The van der Waals surface area contributed by atoms with E-state index in [1.807, 2.05) is 49.4 Å². The fourth-order valence-corrected chi connectivity index (χ4v) is 5.85. The summed E-state index contributed by atoms with van der Waals surface area (Å²) in [6, 6.07) is 20.0. The van der Waals surface area contributed by atoms with Gasteiger partial charge in [-0.3, -0.25) is 9.78 Å². The Bertz CT molecular complexity index is 1470. The first-order valence-corrected chi connectivity index (χ1v) is 13.0. The van der Waals surface area contributed by atoms with E-state index in [-0.39, 0.29) is 17.3 Å². The standard InChI is InChI=1S/C27H26N4O3S/c1-20-9-11-22(12-10-20)35(33,34)31-15-5-14-30(16-17-31)27(32)24-18-26(21-6-4-13-28-19-21)29-25-8-3-2-7-23(24)25/h2-4,6-13,18-19H,5,14-17H2,1H3. The maximum Gasteiger partial charge on any atom is 0.254 e. The minimum Gasteiger partial charge on any atom is -0.337 e. The van der Waals surface area contributed by atoms with Gasteiger partial charge in [-0.25, -0.2) is 13.4 Å². The quantitative estimate of drug-likeness (QED) is 0.433. The number of benzene rings is 2. The van der Waals surface area contributed by atoms with Crippen molar-refractivity contribution in [2.75, 3.05) is 26.2 Å². The molecule has 0 aliphatic carbocycles. The third-order valence-corrected chi connectivity index (χ3v) is 8.22. The van der Waals surface area contributed by atoms with Crippen molar-refractivity contribution in [1.29, 1.82) is 0 Å². The molecule has 1 amide bonds. The van der Waals surface area contributed by atoms with Gasteiger partial charge in [0.1, 0.15) is 0 Å². The molecule has 1 aliphatic rings. The Morgan fingerprint density at radius 2 is 1.71 bits per heavy atom. The van der Waals surface area contributed by atoms with Crippen LogP contribution in [-0.4, -0.2) is 59.7 Å². The molecule has 0 radical (unpaired) electrons. The van der Waals surface area contributed by atoms with Gasteiger partial charge in [0, 0.05) is 49.5 Å². The molecule has 35 heavy (non-hydrogen) atoms. The van der Waals surface area contributed by atoms with E-state index < -0.39 is 10.0 Å². The molecule has 1 aliphatic heterocycles. The normalized spacial score (nSPS) is 15.2. The number of carbonyl (C=O) groups excluding carboxylic acids is 1. The van der Waals surface area contributed by atoms with Crippen LogP contribution in [0.2, 0.25) is 0 Å². The van der Waals surface area contributed by atoms with Crippen LogP contribution < -0.4 is 0 Å². The van der Waals surface area contributed by atoms with E-state index in [9.17, 15) is 13.2 Å². The maximum atomic E-state index is 13.7. The predicted octanol–water partition coefficient (Wildman–Crippen LogP) is 4.14. The van der Waals surface area contributed by atoms with Crippen molar-refractivity contribution in [1.82, 2.24) is 19.2 Å². The molecule has 0 saturated carbocycles. The molecule has 0 bridgehead atoms. The highest BCUT2D eigenvalue weighted by Gasteiger charge is 2.29. The van der Waals surface area contributed by atoms with E-state index >= 15 is 0 Å². The van der Waals surface area contributed by atoms with Crippen LogP contribution in [0.25, 0.3) is 22.2 Å². The zero-order valence-electron chi connectivity index (χ0n) is 19.5. The van der Waals surface area contributed by atoms with Gasteiger partial charge >= 0.3 is 0 Å². The molecule has 5 rings (SSSR count). The Balaban J connectivity index is 1.43. The number of nitrogens with zero attached hydrogens (tertiary/aromatic N) is 4. The molecule has 4 aromatic rings. The summed E-state index contributed by atoms with van der Waals surface area (Å²) in [4.78, 5) is 24.7. The van der Waals surface area contributed by atoms with E-state index in [0.717, 1.165) is 22.0 Å². The summed E-state index contributed by atoms with van der Waals surface area (Å²) in [5, 5.41) is 0.776. The second kappa shape index (κ2) is 9.56. The fraction of sp³-hybridized carbons (Fsp3) is 0.222. The third kappa shape index (κ3) is 4.67. The first kappa shape index (κ1) is 23.1. The molecular formula is C27H26N4O3S. The molecule has 0 unspecified atom stereocenters. The monoisotopic (exact) mass is 486 g/mol. The highest BCUT2D eigenvalue weighted by molar-refractivity contribution is 7.89. The summed E-state index contributed by atoms with van der Waals surface area (Å²) in [6.07, 6.45) is 3.99. The lowest BCUT2D eigenvalue weighted by atomic mass is 10.0. The molecule has 3 heterocycles. The Labute approximate surface area is 205 Å². The van der Waals surface area contributed by atoms with Crippen molar-refractivity contribution < 1.29 is 13.2 Å². The van der Waals surface area contributed by atoms with Crippen LogP contribution in [0.4, 0.5) is 0 Å². The molecule has 2 aromatic heterocycles. The van der Waals surface area contributed by atoms with Crippen molar-refractivity contribution in [3.05, 3.63) is 90.3 Å². The smallest absolute Gasteiger partial charge is 0.254 e. The summed E-state index contributed by atoms with van der Waals surface area (Å²) in [5.74, 6) is -0.122. The summed E-state index contributed by atoms with van der Waals surface area (Å²) in [7, 11) is -3.61. The second-order valence-electron chi connectivity index (χ2n) is 8.68. The maximum absolute atomic E-state index is 13.7. The molecule has 0 atom stereocenters. The van der Waals surface area contributed by atoms with E-state index in [4.69, 9.17) is 4.98 Å². The Hall–Kier alpha value is -3.62. The molecule has 7 nitrogen and oxygen atoms in total. The van der Waals surface area contributed by atoms with E-state index in [0.29, 0.717) is 37.3 Å². The number of sulfonamides is 1. The van der Waals surface area contributed by atoms with Crippen molar-refractivity contribution in [3.8, 4) is 11.3 Å². The van der Waals surface area contributed by atoms with Crippen molar-refractivity contribution >= 4 is 26.8 Å². The SMILES string of the molecule is Cc1ccc(S(=O)(=O)N2CCCN(C(=O)c3cc(-c4cccnc4)nc4ccccc34)CC2)cc1. The number of para-hydroxylation sites is 1.